The van der Waals surface area contributed by atoms with Crippen LogP contribution in [-0.4, -0.2) is 31.7 Å². The molecule has 0 heterocycles. The van der Waals surface area contributed by atoms with Crippen molar-refractivity contribution in [1.82, 2.24) is 0 Å². The first-order valence-corrected chi connectivity index (χ1v) is 11.0. The molecule has 2 N–H and O–H groups in total. The highest BCUT2D eigenvalue weighted by atomic mass is 32.2. The lowest BCUT2D eigenvalue weighted by molar-refractivity contribution is -0.132. The summed E-state index contributed by atoms with van der Waals surface area (Å²) < 4.78 is 23.7. The fourth-order valence-corrected chi connectivity index (χ4v) is 6.27. The van der Waals surface area contributed by atoms with Crippen LogP contribution < -0.4 is 5.32 Å². The minimum Gasteiger partial charge on any atom is -0.478 e. The van der Waals surface area contributed by atoms with Crippen LogP contribution in [0.4, 0.5) is 5.69 Å². The molecular formula is C19H23NO5S. The van der Waals surface area contributed by atoms with Gasteiger partial charge in [-0.1, -0.05) is 0 Å². The van der Waals surface area contributed by atoms with E-state index in [9.17, 15) is 23.1 Å². The second-order valence-corrected chi connectivity index (χ2v) is 10.3. The molecule has 6 nitrogen and oxygen atoms in total. The lowest BCUT2D eigenvalue weighted by Gasteiger charge is -2.53. The van der Waals surface area contributed by atoms with Gasteiger partial charge >= 0.3 is 5.97 Å². The topological polar surface area (TPSA) is 101 Å². The Morgan fingerprint density at radius 1 is 1.00 bits per heavy atom. The number of carbonyl (C=O) groups is 2. The molecule has 0 aromatic heterocycles. The van der Waals surface area contributed by atoms with Crippen LogP contribution in [0.15, 0.2) is 23.1 Å². The minimum atomic E-state index is -3.57. The summed E-state index contributed by atoms with van der Waals surface area (Å²) in [4.78, 5) is 24.2. The maximum atomic E-state index is 12.9. The van der Waals surface area contributed by atoms with E-state index in [4.69, 9.17) is 0 Å². The van der Waals surface area contributed by atoms with Crippen molar-refractivity contribution in [3.63, 3.8) is 0 Å². The van der Waals surface area contributed by atoms with Gasteiger partial charge in [-0.2, -0.15) is 0 Å². The van der Waals surface area contributed by atoms with Gasteiger partial charge < -0.3 is 10.4 Å². The molecule has 0 spiro atoms. The maximum absolute atomic E-state index is 12.9. The van der Waals surface area contributed by atoms with Gasteiger partial charge in [0.2, 0.25) is 5.91 Å². The molecule has 5 rings (SSSR count). The normalized spacial score (nSPS) is 32.4. The lowest BCUT2D eigenvalue weighted by atomic mass is 9.51. The number of hydrogen-bond acceptors (Lipinski definition) is 4. The third-order valence-corrected chi connectivity index (χ3v) is 7.47. The molecule has 140 valence electrons. The molecule has 0 aliphatic heterocycles. The minimum absolute atomic E-state index is 0.0435. The van der Waals surface area contributed by atoms with E-state index in [-0.39, 0.29) is 28.0 Å². The highest BCUT2D eigenvalue weighted by Gasteiger charge is 2.50. The molecule has 0 atom stereocenters. The molecule has 0 saturated heterocycles. The summed E-state index contributed by atoms with van der Waals surface area (Å²) in [5.41, 5.74) is 0.0949. The molecule has 4 aliphatic rings. The number of carbonyl (C=O) groups excluding carboxylic acids is 1. The Balaban J connectivity index is 1.60. The van der Waals surface area contributed by atoms with Gasteiger partial charge in [0.1, 0.15) is 0 Å². The van der Waals surface area contributed by atoms with Crippen LogP contribution in [0, 0.1) is 29.6 Å². The van der Waals surface area contributed by atoms with Crippen LogP contribution in [0.5, 0.6) is 0 Å². The number of carboxylic acid groups (broad SMARTS) is 1. The first kappa shape index (κ1) is 17.5. The van der Waals surface area contributed by atoms with E-state index in [1.807, 2.05) is 0 Å². The summed E-state index contributed by atoms with van der Waals surface area (Å²) in [6.07, 6.45) is 6.75. The summed E-state index contributed by atoms with van der Waals surface area (Å²) in [7, 11) is -3.57. The Morgan fingerprint density at radius 3 is 2.08 bits per heavy atom. The Labute approximate surface area is 152 Å². The highest BCUT2D eigenvalue weighted by Crippen LogP contribution is 2.56. The molecule has 4 saturated carbocycles. The molecule has 0 unspecified atom stereocenters. The van der Waals surface area contributed by atoms with E-state index < -0.39 is 15.8 Å². The number of anilines is 1. The molecule has 26 heavy (non-hydrogen) atoms. The van der Waals surface area contributed by atoms with Crippen molar-refractivity contribution in [2.24, 2.45) is 29.6 Å². The van der Waals surface area contributed by atoms with E-state index in [1.165, 1.54) is 18.6 Å². The second kappa shape index (κ2) is 6.08. The van der Waals surface area contributed by atoms with Crippen molar-refractivity contribution in [3.8, 4) is 0 Å². The third-order valence-electron chi connectivity index (χ3n) is 6.38. The smallest absolute Gasteiger partial charge is 0.335 e. The zero-order valence-corrected chi connectivity index (χ0v) is 15.5. The van der Waals surface area contributed by atoms with E-state index >= 15 is 0 Å². The lowest BCUT2D eigenvalue weighted by Crippen LogP contribution is -2.49. The van der Waals surface area contributed by atoms with E-state index in [0.29, 0.717) is 11.8 Å². The first-order valence-electron chi connectivity index (χ1n) is 9.10. The third kappa shape index (κ3) is 3.13. The van der Waals surface area contributed by atoms with Gasteiger partial charge in [-0.25, -0.2) is 13.2 Å². The molecule has 1 amide bonds. The molecule has 0 radical (unpaired) electrons. The first-order chi connectivity index (χ1) is 12.2. The van der Waals surface area contributed by atoms with Gasteiger partial charge in [0.25, 0.3) is 0 Å². The zero-order chi connectivity index (χ0) is 18.6. The molecule has 7 heteroatoms. The van der Waals surface area contributed by atoms with Crippen LogP contribution in [0.3, 0.4) is 0 Å². The quantitative estimate of drug-likeness (QED) is 0.840. The van der Waals surface area contributed by atoms with Crippen LogP contribution in [0.25, 0.3) is 0 Å². The Kier molecular flexibility index (Phi) is 4.10. The van der Waals surface area contributed by atoms with E-state index in [0.717, 1.165) is 49.8 Å². The summed E-state index contributed by atoms with van der Waals surface area (Å²) in [5, 5.41) is 12.1. The van der Waals surface area contributed by atoms with Crippen LogP contribution in [-0.2, 0) is 14.6 Å². The Bertz CT molecular complexity index is 848. The number of benzene rings is 1. The zero-order valence-electron chi connectivity index (χ0n) is 14.6. The predicted octanol–water partition coefficient (Wildman–Crippen LogP) is 2.80. The van der Waals surface area contributed by atoms with Crippen molar-refractivity contribution in [1.29, 1.82) is 0 Å². The average Bonchev–Trinajstić information content (AvgIpc) is 2.52. The second-order valence-electron chi connectivity index (χ2n) is 8.27. The molecular weight excluding hydrogens is 354 g/mol. The molecule has 4 fully saturated rings. The van der Waals surface area contributed by atoms with Gasteiger partial charge in [0, 0.05) is 17.9 Å². The van der Waals surface area contributed by atoms with Gasteiger partial charge in [-0.15, -0.1) is 0 Å². The fraction of sp³-hybridized carbons (Fsp3) is 0.579. The number of amides is 1. The standard InChI is InChI=1S/C19H23NO5S/c1-26(24,25)16-8-14(19(22)23)7-15(9-16)20-18(21)17-12-3-10-2-11(5-12)6-13(17)4-10/h7-13,17H,2-6H2,1H3,(H,20,21)(H,22,23). The monoisotopic (exact) mass is 377 g/mol. The summed E-state index contributed by atoms with van der Waals surface area (Å²) in [6.45, 7) is 0. The van der Waals surface area contributed by atoms with Crippen molar-refractivity contribution in [2.75, 3.05) is 11.6 Å². The van der Waals surface area contributed by atoms with Crippen LogP contribution >= 0.6 is 0 Å². The molecule has 1 aromatic rings. The summed E-state index contributed by atoms with van der Waals surface area (Å²) >= 11 is 0. The number of aromatic carboxylic acids is 1. The Morgan fingerprint density at radius 2 is 1.58 bits per heavy atom. The largest absolute Gasteiger partial charge is 0.478 e. The number of hydrogen-bond donors (Lipinski definition) is 2. The predicted molar refractivity (Wildman–Crippen MR) is 95.7 cm³/mol. The van der Waals surface area contributed by atoms with Crippen molar-refractivity contribution < 1.29 is 23.1 Å². The number of sulfone groups is 1. The van der Waals surface area contributed by atoms with Gasteiger partial charge in [-0.05, 0) is 74.0 Å². The number of nitrogens with one attached hydrogen (secondary N) is 1. The van der Waals surface area contributed by atoms with E-state index in [2.05, 4.69) is 5.32 Å². The van der Waals surface area contributed by atoms with Crippen LogP contribution in [0.1, 0.15) is 42.5 Å². The van der Waals surface area contributed by atoms with Crippen molar-refractivity contribution in [2.45, 2.75) is 37.0 Å². The van der Waals surface area contributed by atoms with Crippen molar-refractivity contribution >= 4 is 27.4 Å². The highest BCUT2D eigenvalue weighted by molar-refractivity contribution is 7.90. The van der Waals surface area contributed by atoms with E-state index in [1.54, 1.807) is 0 Å². The Hall–Kier alpha value is -1.89. The van der Waals surface area contributed by atoms with Crippen molar-refractivity contribution in [3.05, 3.63) is 23.8 Å². The number of rotatable bonds is 4. The van der Waals surface area contributed by atoms with Gasteiger partial charge in [-0.3, -0.25) is 4.79 Å². The van der Waals surface area contributed by atoms with Crippen LogP contribution in [0.2, 0.25) is 0 Å². The maximum Gasteiger partial charge on any atom is 0.335 e. The fourth-order valence-electron chi connectivity index (χ4n) is 5.59. The molecule has 1 aromatic carbocycles. The van der Waals surface area contributed by atoms with Gasteiger partial charge in [0.05, 0.1) is 10.5 Å². The average molecular weight is 377 g/mol. The summed E-state index contributed by atoms with van der Waals surface area (Å²) in [6, 6.07) is 3.79. The number of carboxylic acids is 1. The van der Waals surface area contributed by atoms with Gasteiger partial charge in [0.15, 0.2) is 9.84 Å². The summed E-state index contributed by atoms with van der Waals surface area (Å²) in [5.74, 6) is 0.966. The SMILES string of the molecule is CS(=O)(=O)c1cc(NC(=O)C2C3CC4CC(C3)CC2C4)cc(C(=O)O)c1. The molecule has 4 aliphatic carbocycles. The molecule has 4 bridgehead atoms.